The molecule has 0 unspecified atom stereocenters. The van der Waals surface area contributed by atoms with Gasteiger partial charge < -0.3 is 5.32 Å². The van der Waals surface area contributed by atoms with Gasteiger partial charge in [0, 0.05) is 22.5 Å². The van der Waals surface area contributed by atoms with Gasteiger partial charge in [-0.15, -0.1) is 11.3 Å². The van der Waals surface area contributed by atoms with Gasteiger partial charge in [-0.1, -0.05) is 13.8 Å². The van der Waals surface area contributed by atoms with Crippen molar-refractivity contribution in [2.75, 3.05) is 7.05 Å². The molecular formula is C10H18N2S. The highest BCUT2D eigenvalue weighted by Gasteiger charge is 2.21. The third-order valence-electron chi connectivity index (χ3n) is 2.26. The highest BCUT2D eigenvalue weighted by molar-refractivity contribution is 7.11. The first-order valence-electron chi connectivity index (χ1n) is 4.62. The van der Waals surface area contributed by atoms with Crippen LogP contribution in [0.4, 0.5) is 0 Å². The molecule has 0 fully saturated rings. The number of nitrogens with zero attached hydrogens (tertiary/aromatic N) is 1. The van der Waals surface area contributed by atoms with Crippen LogP contribution in [0.3, 0.4) is 0 Å². The molecule has 0 aliphatic carbocycles. The van der Waals surface area contributed by atoms with Crippen LogP contribution in [0, 0.1) is 0 Å². The summed E-state index contributed by atoms with van der Waals surface area (Å²) in [6.45, 7) is 8.69. The van der Waals surface area contributed by atoms with E-state index >= 15 is 0 Å². The van der Waals surface area contributed by atoms with Crippen molar-refractivity contribution in [3.8, 4) is 0 Å². The maximum absolute atomic E-state index is 4.41. The van der Waals surface area contributed by atoms with E-state index in [1.54, 1.807) is 11.3 Å². The molecule has 1 N–H and O–H groups in total. The largest absolute Gasteiger partial charge is 0.310 e. The van der Waals surface area contributed by atoms with Crippen molar-refractivity contribution in [1.29, 1.82) is 0 Å². The fraction of sp³-hybridized carbons (Fsp3) is 0.700. The monoisotopic (exact) mass is 198 g/mol. The smallest absolute Gasteiger partial charge is 0.0953 e. The molecule has 0 aliphatic heterocycles. The molecule has 1 heterocycles. The quantitative estimate of drug-likeness (QED) is 0.807. The maximum Gasteiger partial charge on any atom is 0.0953 e. The minimum atomic E-state index is 0.0464. The van der Waals surface area contributed by atoms with E-state index in [9.17, 15) is 0 Å². The zero-order chi connectivity index (χ0) is 10.1. The number of rotatable bonds is 3. The van der Waals surface area contributed by atoms with Gasteiger partial charge in [-0.25, -0.2) is 4.98 Å². The highest BCUT2D eigenvalue weighted by Crippen LogP contribution is 2.28. The number of aromatic nitrogens is 1. The van der Waals surface area contributed by atoms with E-state index in [0.29, 0.717) is 5.92 Å². The summed E-state index contributed by atoms with van der Waals surface area (Å²) in [6, 6.07) is 0. The molecule has 0 amide bonds. The van der Waals surface area contributed by atoms with Gasteiger partial charge in [-0.05, 0) is 20.9 Å². The molecule has 3 heteroatoms. The highest BCUT2D eigenvalue weighted by atomic mass is 32.1. The van der Waals surface area contributed by atoms with Gasteiger partial charge >= 0.3 is 0 Å². The Bertz CT molecular complexity index is 276. The Morgan fingerprint density at radius 1 is 1.46 bits per heavy atom. The summed E-state index contributed by atoms with van der Waals surface area (Å²) in [5.41, 5.74) is 0.0464. The van der Waals surface area contributed by atoms with Crippen LogP contribution in [0.1, 0.15) is 43.5 Å². The molecule has 0 atom stereocenters. The summed E-state index contributed by atoms with van der Waals surface area (Å²) in [6.07, 6.45) is 1.98. The van der Waals surface area contributed by atoms with Crippen molar-refractivity contribution >= 4 is 11.3 Å². The minimum Gasteiger partial charge on any atom is -0.310 e. The van der Waals surface area contributed by atoms with Crippen molar-refractivity contribution < 1.29 is 0 Å². The first-order valence-corrected chi connectivity index (χ1v) is 5.44. The van der Waals surface area contributed by atoms with E-state index in [4.69, 9.17) is 0 Å². The molecule has 1 rings (SSSR count). The molecular weight excluding hydrogens is 180 g/mol. The first kappa shape index (κ1) is 10.7. The van der Waals surface area contributed by atoms with Gasteiger partial charge in [0.15, 0.2) is 0 Å². The van der Waals surface area contributed by atoms with Crippen molar-refractivity contribution in [3.05, 3.63) is 16.1 Å². The van der Waals surface area contributed by atoms with Crippen molar-refractivity contribution in [3.63, 3.8) is 0 Å². The van der Waals surface area contributed by atoms with Gasteiger partial charge in [0.05, 0.1) is 5.01 Å². The third-order valence-corrected chi connectivity index (χ3v) is 3.88. The minimum absolute atomic E-state index is 0.0464. The van der Waals surface area contributed by atoms with Gasteiger partial charge in [-0.2, -0.15) is 0 Å². The fourth-order valence-electron chi connectivity index (χ4n) is 0.967. The maximum atomic E-state index is 4.41. The molecule has 0 saturated carbocycles. The normalized spacial score (nSPS) is 12.5. The Labute approximate surface area is 84.4 Å². The van der Waals surface area contributed by atoms with Gasteiger partial charge in [0.25, 0.3) is 0 Å². The van der Waals surface area contributed by atoms with Gasteiger partial charge in [0.1, 0.15) is 0 Å². The van der Waals surface area contributed by atoms with Crippen LogP contribution < -0.4 is 5.32 Å². The summed E-state index contributed by atoms with van der Waals surface area (Å²) in [4.78, 5) is 5.71. The molecule has 0 bridgehead atoms. The van der Waals surface area contributed by atoms with Crippen LogP contribution >= 0.6 is 11.3 Å². The fourth-order valence-corrected chi connectivity index (χ4v) is 2.00. The SMILES string of the molecule is CNC(C)(C)c1cnc(C(C)C)s1. The number of thiazole rings is 1. The summed E-state index contributed by atoms with van der Waals surface area (Å²) in [5.74, 6) is 0.534. The first-order chi connectivity index (χ1) is 5.97. The summed E-state index contributed by atoms with van der Waals surface area (Å²) < 4.78 is 0. The lowest BCUT2D eigenvalue weighted by molar-refractivity contribution is 0.453. The molecule has 74 valence electrons. The van der Waals surface area contributed by atoms with Gasteiger partial charge in [0.2, 0.25) is 0 Å². The predicted octanol–water partition coefficient (Wildman–Crippen LogP) is 2.72. The lowest BCUT2D eigenvalue weighted by Crippen LogP contribution is -2.32. The molecule has 0 aliphatic rings. The second-order valence-corrected chi connectivity index (χ2v) is 5.15. The molecule has 0 radical (unpaired) electrons. The zero-order valence-corrected chi connectivity index (χ0v) is 9.83. The van der Waals surface area contributed by atoms with E-state index in [2.05, 4.69) is 38.0 Å². The number of hydrogen-bond donors (Lipinski definition) is 1. The van der Waals surface area contributed by atoms with Crippen LogP contribution in [-0.2, 0) is 5.54 Å². The van der Waals surface area contributed by atoms with Crippen LogP contribution in [0.5, 0.6) is 0 Å². The lowest BCUT2D eigenvalue weighted by Gasteiger charge is -2.21. The van der Waals surface area contributed by atoms with Crippen LogP contribution in [0.2, 0.25) is 0 Å². The second-order valence-electron chi connectivity index (χ2n) is 4.09. The average Bonchev–Trinajstić information content (AvgIpc) is 2.52. The average molecular weight is 198 g/mol. The van der Waals surface area contributed by atoms with E-state index in [1.807, 2.05) is 13.2 Å². The van der Waals surface area contributed by atoms with E-state index in [-0.39, 0.29) is 5.54 Å². The predicted molar refractivity (Wildman–Crippen MR) is 58.3 cm³/mol. The van der Waals surface area contributed by atoms with Crippen LogP contribution in [0.25, 0.3) is 0 Å². The van der Waals surface area contributed by atoms with Crippen molar-refractivity contribution in [1.82, 2.24) is 10.3 Å². The third kappa shape index (κ3) is 2.29. The molecule has 1 aromatic heterocycles. The Kier molecular flexibility index (Phi) is 3.09. The molecule has 0 saturated heterocycles. The van der Waals surface area contributed by atoms with E-state index < -0.39 is 0 Å². The number of hydrogen-bond acceptors (Lipinski definition) is 3. The van der Waals surface area contributed by atoms with Gasteiger partial charge in [-0.3, -0.25) is 0 Å². The lowest BCUT2D eigenvalue weighted by atomic mass is 10.1. The zero-order valence-electron chi connectivity index (χ0n) is 9.01. The van der Waals surface area contributed by atoms with Crippen LogP contribution in [0.15, 0.2) is 6.20 Å². The summed E-state index contributed by atoms with van der Waals surface area (Å²) in [7, 11) is 1.98. The summed E-state index contributed by atoms with van der Waals surface area (Å²) in [5, 5.41) is 4.50. The summed E-state index contributed by atoms with van der Waals surface area (Å²) >= 11 is 1.80. The Hall–Kier alpha value is -0.410. The molecule has 0 spiro atoms. The molecule has 0 aromatic carbocycles. The van der Waals surface area contributed by atoms with Crippen molar-refractivity contribution in [2.24, 2.45) is 0 Å². The molecule has 1 aromatic rings. The van der Waals surface area contributed by atoms with E-state index in [1.165, 1.54) is 9.88 Å². The Morgan fingerprint density at radius 2 is 2.08 bits per heavy atom. The Morgan fingerprint density at radius 3 is 2.46 bits per heavy atom. The second kappa shape index (κ2) is 3.76. The standard InChI is InChI=1S/C10H18N2S/c1-7(2)9-12-6-8(13-9)10(3,4)11-5/h6-7,11H,1-5H3. The van der Waals surface area contributed by atoms with E-state index in [0.717, 1.165) is 0 Å². The Balaban J connectivity index is 2.91. The van der Waals surface area contributed by atoms with Crippen LogP contribution in [-0.4, -0.2) is 12.0 Å². The molecule has 13 heavy (non-hydrogen) atoms. The molecule has 2 nitrogen and oxygen atoms in total. The van der Waals surface area contributed by atoms with Crippen molar-refractivity contribution in [2.45, 2.75) is 39.2 Å². The number of nitrogens with one attached hydrogen (secondary N) is 1. The topological polar surface area (TPSA) is 24.9 Å².